The van der Waals surface area contributed by atoms with Crippen LogP contribution in [0.1, 0.15) is 23.9 Å². The van der Waals surface area contributed by atoms with Gasteiger partial charge >= 0.3 is 0 Å². The monoisotopic (exact) mass is 169 g/mol. The smallest absolute Gasteiger partial charge is 0.0654 e. The minimum Gasteiger partial charge on any atom is -0.302 e. The molecular weight excluding hydrogens is 154 g/mol. The third kappa shape index (κ3) is 2.06. The standard InChI is InChI=1S/C8H15N3O/c1-4-12-9-5-8-6(2)10-11-7(8)3/h9H,4-5H2,1-3H3,(H,10,11). The highest BCUT2D eigenvalue weighted by Crippen LogP contribution is 2.07. The van der Waals surface area contributed by atoms with Gasteiger partial charge in [-0.05, 0) is 20.8 Å². The fraction of sp³-hybridized carbons (Fsp3) is 0.625. The molecule has 0 saturated carbocycles. The SMILES string of the molecule is CCONCc1c(C)n[nH]c1C. The number of rotatable bonds is 4. The Kier molecular flexibility index (Phi) is 3.25. The van der Waals surface area contributed by atoms with E-state index >= 15 is 0 Å². The first-order chi connectivity index (χ1) is 5.75. The molecular formula is C8H15N3O. The van der Waals surface area contributed by atoms with Gasteiger partial charge in [0.05, 0.1) is 12.3 Å². The maximum Gasteiger partial charge on any atom is 0.0654 e. The zero-order valence-electron chi connectivity index (χ0n) is 7.77. The summed E-state index contributed by atoms with van der Waals surface area (Å²) in [5.74, 6) is 0. The molecule has 0 spiro atoms. The summed E-state index contributed by atoms with van der Waals surface area (Å²) in [4.78, 5) is 5.03. The lowest BCUT2D eigenvalue weighted by Crippen LogP contribution is -2.14. The molecule has 4 nitrogen and oxygen atoms in total. The van der Waals surface area contributed by atoms with Crippen molar-refractivity contribution in [1.82, 2.24) is 15.7 Å². The number of hydroxylamine groups is 1. The van der Waals surface area contributed by atoms with Crippen LogP contribution in [0.15, 0.2) is 0 Å². The van der Waals surface area contributed by atoms with E-state index in [1.165, 1.54) is 5.56 Å². The third-order valence-corrected chi connectivity index (χ3v) is 1.78. The molecule has 12 heavy (non-hydrogen) atoms. The van der Waals surface area contributed by atoms with Crippen LogP contribution in [0.2, 0.25) is 0 Å². The molecule has 0 unspecified atom stereocenters. The van der Waals surface area contributed by atoms with Crippen molar-refractivity contribution in [2.45, 2.75) is 27.3 Å². The normalized spacial score (nSPS) is 10.6. The average Bonchev–Trinajstić information content (AvgIpc) is 2.35. The van der Waals surface area contributed by atoms with Crippen molar-refractivity contribution in [3.63, 3.8) is 0 Å². The topological polar surface area (TPSA) is 49.9 Å². The molecule has 1 aromatic rings. The summed E-state index contributed by atoms with van der Waals surface area (Å²) in [6.45, 7) is 7.31. The first-order valence-electron chi connectivity index (χ1n) is 4.10. The maximum atomic E-state index is 5.03. The van der Waals surface area contributed by atoms with Gasteiger partial charge in [0.1, 0.15) is 0 Å². The van der Waals surface area contributed by atoms with Gasteiger partial charge in [-0.2, -0.15) is 10.6 Å². The van der Waals surface area contributed by atoms with Crippen molar-refractivity contribution in [2.24, 2.45) is 0 Å². The van der Waals surface area contributed by atoms with E-state index in [1.54, 1.807) is 0 Å². The number of H-pyrrole nitrogens is 1. The summed E-state index contributed by atoms with van der Waals surface area (Å²) in [6.07, 6.45) is 0. The van der Waals surface area contributed by atoms with Crippen LogP contribution in [0, 0.1) is 13.8 Å². The van der Waals surface area contributed by atoms with Gasteiger partial charge in [0.25, 0.3) is 0 Å². The second-order valence-electron chi connectivity index (χ2n) is 2.67. The van der Waals surface area contributed by atoms with Gasteiger partial charge in [0, 0.05) is 17.8 Å². The molecule has 0 aromatic carbocycles. The largest absolute Gasteiger partial charge is 0.302 e. The van der Waals surface area contributed by atoms with Crippen LogP contribution >= 0.6 is 0 Å². The number of hydrogen-bond acceptors (Lipinski definition) is 3. The number of nitrogens with one attached hydrogen (secondary N) is 2. The molecule has 2 N–H and O–H groups in total. The van der Waals surface area contributed by atoms with E-state index < -0.39 is 0 Å². The van der Waals surface area contributed by atoms with Crippen molar-refractivity contribution < 1.29 is 4.84 Å². The molecule has 0 fully saturated rings. The van der Waals surface area contributed by atoms with E-state index in [0.717, 1.165) is 11.4 Å². The lowest BCUT2D eigenvalue weighted by Gasteiger charge is -2.02. The van der Waals surface area contributed by atoms with Gasteiger partial charge in [-0.1, -0.05) is 0 Å². The van der Waals surface area contributed by atoms with Crippen molar-refractivity contribution in [1.29, 1.82) is 0 Å². The van der Waals surface area contributed by atoms with E-state index in [2.05, 4.69) is 15.7 Å². The third-order valence-electron chi connectivity index (χ3n) is 1.78. The molecule has 1 rings (SSSR count). The molecule has 0 aliphatic rings. The summed E-state index contributed by atoms with van der Waals surface area (Å²) in [5, 5.41) is 6.99. The number of hydrogen-bond donors (Lipinski definition) is 2. The molecule has 1 heterocycles. The fourth-order valence-corrected chi connectivity index (χ4v) is 1.06. The first-order valence-corrected chi connectivity index (χ1v) is 4.10. The van der Waals surface area contributed by atoms with Crippen LogP contribution in [0.5, 0.6) is 0 Å². The summed E-state index contributed by atoms with van der Waals surface area (Å²) < 4.78 is 0. The molecule has 0 aliphatic heterocycles. The Labute approximate surface area is 72.3 Å². The second kappa shape index (κ2) is 4.23. The number of aromatic nitrogens is 2. The van der Waals surface area contributed by atoms with Crippen LogP contribution in [0.4, 0.5) is 0 Å². The summed E-state index contributed by atoms with van der Waals surface area (Å²) in [5.41, 5.74) is 6.17. The molecule has 0 saturated heterocycles. The van der Waals surface area contributed by atoms with E-state index in [0.29, 0.717) is 13.2 Å². The van der Waals surface area contributed by atoms with Gasteiger partial charge in [-0.25, -0.2) is 0 Å². The van der Waals surface area contributed by atoms with Crippen LogP contribution in [0.25, 0.3) is 0 Å². The fourth-order valence-electron chi connectivity index (χ4n) is 1.06. The highest BCUT2D eigenvalue weighted by molar-refractivity contribution is 5.22. The van der Waals surface area contributed by atoms with E-state index in [-0.39, 0.29) is 0 Å². The Bertz CT molecular complexity index is 225. The summed E-state index contributed by atoms with van der Waals surface area (Å²) in [7, 11) is 0. The number of aryl methyl sites for hydroxylation is 2. The minimum atomic E-state index is 0.677. The minimum absolute atomic E-state index is 0.677. The summed E-state index contributed by atoms with van der Waals surface area (Å²) >= 11 is 0. The van der Waals surface area contributed by atoms with Crippen molar-refractivity contribution >= 4 is 0 Å². The van der Waals surface area contributed by atoms with E-state index in [9.17, 15) is 0 Å². The van der Waals surface area contributed by atoms with Gasteiger partial charge in [-0.3, -0.25) is 5.10 Å². The van der Waals surface area contributed by atoms with Crippen molar-refractivity contribution in [2.75, 3.05) is 6.61 Å². The first kappa shape index (κ1) is 9.22. The molecule has 0 amide bonds. The molecule has 0 bridgehead atoms. The van der Waals surface area contributed by atoms with Crippen molar-refractivity contribution in [3.8, 4) is 0 Å². The predicted octanol–water partition coefficient (Wildman–Crippen LogP) is 1.07. The Balaban J connectivity index is 2.50. The van der Waals surface area contributed by atoms with Gasteiger partial charge in [0.15, 0.2) is 0 Å². The Morgan fingerprint density at radius 3 is 2.75 bits per heavy atom. The van der Waals surface area contributed by atoms with Crippen molar-refractivity contribution in [3.05, 3.63) is 17.0 Å². The Morgan fingerprint density at radius 1 is 1.50 bits per heavy atom. The quantitative estimate of drug-likeness (QED) is 0.523. The summed E-state index contributed by atoms with van der Waals surface area (Å²) in [6, 6.07) is 0. The number of nitrogens with zero attached hydrogens (tertiary/aromatic N) is 1. The Hall–Kier alpha value is -0.870. The lowest BCUT2D eigenvalue weighted by atomic mass is 10.2. The second-order valence-corrected chi connectivity index (χ2v) is 2.67. The maximum absolute atomic E-state index is 5.03. The highest BCUT2D eigenvalue weighted by Gasteiger charge is 2.04. The average molecular weight is 169 g/mol. The lowest BCUT2D eigenvalue weighted by molar-refractivity contribution is 0.0461. The zero-order valence-corrected chi connectivity index (χ0v) is 7.77. The van der Waals surface area contributed by atoms with Crippen LogP contribution in [-0.2, 0) is 11.4 Å². The molecule has 68 valence electrons. The Morgan fingerprint density at radius 2 is 2.25 bits per heavy atom. The number of aromatic amines is 1. The van der Waals surface area contributed by atoms with Gasteiger partial charge in [0.2, 0.25) is 0 Å². The molecule has 4 heteroatoms. The van der Waals surface area contributed by atoms with Crippen LogP contribution in [-0.4, -0.2) is 16.8 Å². The predicted molar refractivity (Wildman–Crippen MR) is 46.5 cm³/mol. The highest BCUT2D eigenvalue weighted by atomic mass is 16.6. The zero-order chi connectivity index (χ0) is 8.97. The van der Waals surface area contributed by atoms with Crippen LogP contribution < -0.4 is 5.48 Å². The van der Waals surface area contributed by atoms with E-state index in [4.69, 9.17) is 4.84 Å². The van der Waals surface area contributed by atoms with Gasteiger partial charge in [-0.15, -0.1) is 0 Å². The molecule has 0 atom stereocenters. The molecule has 0 radical (unpaired) electrons. The molecule has 0 aliphatic carbocycles. The van der Waals surface area contributed by atoms with E-state index in [1.807, 2.05) is 20.8 Å². The van der Waals surface area contributed by atoms with Crippen LogP contribution in [0.3, 0.4) is 0 Å². The molecule has 1 aromatic heterocycles. The van der Waals surface area contributed by atoms with Gasteiger partial charge < -0.3 is 4.84 Å².